The molecule has 1 amide bonds. The third kappa shape index (κ3) is 0.766. The van der Waals surface area contributed by atoms with E-state index in [1.807, 2.05) is 0 Å². The number of amides is 1. The minimum atomic E-state index is -0.696. The van der Waals surface area contributed by atoms with E-state index in [2.05, 4.69) is 10.1 Å². The van der Waals surface area contributed by atoms with Crippen molar-refractivity contribution in [2.24, 2.45) is 5.73 Å². The molecular formula is C5H4N4O2S. The van der Waals surface area contributed by atoms with Gasteiger partial charge in [-0.25, -0.2) is 4.98 Å². The number of nitrogens with zero attached hydrogens (tertiary/aromatic N) is 3. The Morgan fingerprint density at radius 3 is 3.17 bits per heavy atom. The van der Waals surface area contributed by atoms with Crippen LogP contribution in [-0.4, -0.2) is 26.0 Å². The van der Waals surface area contributed by atoms with Gasteiger partial charge >= 0.3 is 0 Å². The van der Waals surface area contributed by atoms with E-state index in [9.17, 15) is 4.79 Å². The first kappa shape index (κ1) is 7.04. The van der Waals surface area contributed by atoms with Crippen LogP contribution in [-0.2, 0) is 0 Å². The van der Waals surface area contributed by atoms with Gasteiger partial charge < -0.3 is 10.9 Å². The van der Waals surface area contributed by atoms with Crippen LogP contribution < -0.4 is 5.73 Å². The second-order valence-electron chi connectivity index (χ2n) is 2.11. The predicted molar refractivity (Wildman–Crippen MR) is 41.1 cm³/mol. The van der Waals surface area contributed by atoms with Crippen molar-refractivity contribution in [1.29, 1.82) is 0 Å². The van der Waals surface area contributed by atoms with Crippen molar-refractivity contribution >= 4 is 27.6 Å². The normalized spacial score (nSPS) is 10.7. The van der Waals surface area contributed by atoms with Crippen LogP contribution in [0.15, 0.2) is 5.51 Å². The average molecular weight is 184 g/mol. The summed E-state index contributed by atoms with van der Waals surface area (Å²) in [4.78, 5) is 15.6. The van der Waals surface area contributed by atoms with Crippen molar-refractivity contribution in [2.45, 2.75) is 0 Å². The molecule has 7 heteroatoms. The maximum Gasteiger partial charge on any atom is 0.271 e. The number of hydrogen-bond acceptors (Lipinski definition) is 5. The van der Waals surface area contributed by atoms with Gasteiger partial charge in [0.05, 0.1) is 5.51 Å². The lowest BCUT2D eigenvalue weighted by Crippen LogP contribution is -2.12. The highest BCUT2D eigenvalue weighted by atomic mass is 32.1. The highest BCUT2D eigenvalue weighted by molar-refractivity contribution is 7.16. The van der Waals surface area contributed by atoms with Gasteiger partial charge in [-0.2, -0.15) is 0 Å². The second kappa shape index (κ2) is 2.18. The first-order valence-electron chi connectivity index (χ1n) is 3.01. The molecule has 0 fully saturated rings. The third-order valence-corrected chi connectivity index (χ3v) is 2.17. The van der Waals surface area contributed by atoms with Crippen LogP contribution in [0.4, 0.5) is 0 Å². The Morgan fingerprint density at radius 2 is 2.50 bits per heavy atom. The number of aromatic nitrogens is 3. The number of fused-ring (bicyclic) bond motifs is 1. The standard InChI is InChI=1S/C5H4N4O2S/c6-4(10)2-3-5(9(11)8-2)12-1-7-3/h1,11H,(H2,6,10). The minimum Gasteiger partial charge on any atom is -0.411 e. The van der Waals surface area contributed by atoms with Crippen LogP contribution in [0.5, 0.6) is 0 Å². The van der Waals surface area contributed by atoms with Crippen molar-refractivity contribution < 1.29 is 10.0 Å². The van der Waals surface area contributed by atoms with Crippen molar-refractivity contribution in [1.82, 2.24) is 14.9 Å². The van der Waals surface area contributed by atoms with E-state index in [0.29, 0.717) is 15.2 Å². The Kier molecular flexibility index (Phi) is 1.28. The van der Waals surface area contributed by atoms with Crippen LogP contribution in [0.1, 0.15) is 10.5 Å². The quantitative estimate of drug-likeness (QED) is 0.601. The molecule has 2 rings (SSSR count). The van der Waals surface area contributed by atoms with E-state index in [-0.39, 0.29) is 5.69 Å². The van der Waals surface area contributed by atoms with Crippen molar-refractivity contribution in [3.05, 3.63) is 11.2 Å². The Labute approximate surface area is 70.2 Å². The molecule has 0 spiro atoms. The molecule has 0 aliphatic carbocycles. The summed E-state index contributed by atoms with van der Waals surface area (Å²) in [5.74, 6) is -0.696. The molecule has 3 N–H and O–H groups in total. The molecule has 0 radical (unpaired) electrons. The summed E-state index contributed by atoms with van der Waals surface area (Å²) in [7, 11) is 0. The molecule has 0 aromatic carbocycles. The number of primary amides is 1. The first-order valence-corrected chi connectivity index (χ1v) is 3.89. The summed E-state index contributed by atoms with van der Waals surface area (Å²) in [6, 6.07) is 0. The van der Waals surface area contributed by atoms with Crippen molar-refractivity contribution in [3.8, 4) is 0 Å². The summed E-state index contributed by atoms with van der Waals surface area (Å²) in [6.07, 6.45) is 0. The second-order valence-corrected chi connectivity index (χ2v) is 2.94. The number of carbonyl (C=O) groups is 1. The van der Waals surface area contributed by atoms with Gasteiger partial charge in [0, 0.05) is 0 Å². The number of rotatable bonds is 1. The van der Waals surface area contributed by atoms with Gasteiger partial charge in [0.2, 0.25) is 0 Å². The lowest BCUT2D eigenvalue weighted by Gasteiger charge is -1.84. The molecule has 2 heterocycles. The summed E-state index contributed by atoms with van der Waals surface area (Å²) >= 11 is 1.18. The Morgan fingerprint density at radius 1 is 1.75 bits per heavy atom. The largest absolute Gasteiger partial charge is 0.411 e. The smallest absolute Gasteiger partial charge is 0.271 e. The lowest BCUT2D eigenvalue weighted by atomic mass is 10.4. The Balaban J connectivity index is 2.83. The molecule has 2 aromatic rings. The third-order valence-electron chi connectivity index (χ3n) is 1.38. The summed E-state index contributed by atoms with van der Waals surface area (Å²) in [6.45, 7) is 0. The predicted octanol–water partition coefficient (Wildman–Crippen LogP) is -0.171. The van der Waals surface area contributed by atoms with Crippen LogP contribution in [0.25, 0.3) is 10.3 Å². The van der Waals surface area contributed by atoms with Crippen LogP contribution in [0, 0.1) is 0 Å². The van der Waals surface area contributed by atoms with E-state index in [1.165, 1.54) is 16.8 Å². The maximum absolute atomic E-state index is 10.7. The number of hydrogen-bond donors (Lipinski definition) is 2. The molecule has 0 bridgehead atoms. The zero-order valence-corrected chi connectivity index (χ0v) is 6.58. The molecule has 62 valence electrons. The van der Waals surface area contributed by atoms with Gasteiger partial charge in [0.15, 0.2) is 10.5 Å². The molecule has 0 unspecified atom stereocenters. The first-order chi connectivity index (χ1) is 5.70. The van der Waals surface area contributed by atoms with Gasteiger partial charge in [-0.15, -0.1) is 5.10 Å². The van der Waals surface area contributed by atoms with Crippen LogP contribution in [0.2, 0.25) is 0 Å². The number of thiazole rings is 1. The number of nitrogens with two attached hydrogens (primary N) is 1. The van der Waals surface area contributed by atoms with Gasteiger partial charge in [-0.05, 0) is 0 Å². The minimum absolute atomic E-state index is 0.00579. The monoisotopic (exact) mass is 184 g/mol. The Bertz CT molecular complexity index is 445. The lowest BCUT2D eigenvalue weighted by molar-refractivity contribution is 0.0984. The van der Waals surface area contributed by atoms with Gasteiger partial charge in [-0.1, -0.05) is 16.2 Å². The van der Waals surface area contributed by atoms with Crippen molar-refractivity contribution in [2.75, 3.05) is 0 Å². The molecule has 0 saturated carbocycles. The molecule has 2 aromatic heterocycles. The van der Waals surface area contributed by atoms with Gasteiger partial charge in [0.25, 0.3) is 5.91 Å². The fraction of sp³-hybridized carbons (Fsp3) is 0. The van der Waals surface area contributed by atoms with E-state index in [4.69, 9.17) is 10.9 Å². The SMILES string of the molecule is NC(=O)c1nn(O)c2scnc12. The van der Waals surface area contributed by atoms with E-state index < -0.39 is 5.91 Å². The molecule has 0 saturated heterocycles. The van der Waals surface area contributed by atoms with E-state index in [0.717, 1.165) is 0 Å². The highest BCUT2D eigenvalue weighted by Crippen LogP contribution is 2.19. The van der Waals surface area contributed by atoms with Crippen LogP contribution in [0.3, 0.4) is 0 Å². The fourth-order valence-corrected chi connectivity index (χ4v) is 1.55. The topological polar surface area (TPSA) is 94.0 Å². The van der Waals surface area contributed by atoms with E-state index >= 15 is 0 Å². The zero-order chi connectivity index (χ0) is 8.72. The van der Waals surface area contributed by atoms with Crippen LogP contribution >= 0.6 is 11.3 Å². The fourth-order valence-electron chi connectivity index (χ4n) is 0.898. The van der Waals surface area contributed by atoms with Gasteiger partial charge in [-0.3, -0.25) is 4.79 Å². The molecule has 0 aliphatic heterocycles. The van der Waals surface area contributed by atoms with E-state index in [1.54, 1.807) is 0 Å². The molecule has 12 heavy (non-hydrogen) atoms. The molecular weight excluding hydrogens is 180 g/mol. The maximum atomic E-state index is 10.7. The molecule has 0 atom stereocenters. The summed E-state index contributed by atoms with van der Waals surface area (Å²) in [5, 5.41) is 12.6. The number of carbonyl (C=O) groups excluding carboxylic acids is 1. The summed E-state index contributed by atoms with van der Waals surface area (Å²) < 4.78 is 0. The summed E-state index contributed by atoms with van der Waals surface area (Å²) in [5.41, 5.74) is 6.83. The van der Waals surface area contributed by atoms with Gasteiger partial charge in [0.1, 0.15) is 5.52 Å². The molecule has 0 aliphatic rings. The Hall–Kier alpha value is -1.63. The zero-order valence-electron chi connectivity index (χ0n) is 5.76. The highest BCUT2D eigenvalue weighted by Gasteiger charge is 2.16. The van der Waals surface area contributed by atoms with Crippen molar-refractivity contribution in [3.63, 3.8) is 0 Å². The molecule has 6 nitrogen and oxygen atoms in total. The average Bonchev–Trinajstić information content (AvgIpc) is 2.53.